The minimum Gasteiger partial charge on any atom is -0.341 e. The van der Waals surface area contributed by atoms with Crippen LogP contribution in [0.15, 0.2) is 12.1 Å². The highest BCUT2D eigenvalue weighted by atomic mass is 35.5. The Bertz CT molecular complexity index is 628. The number of anilines is 1. The molecule has 4 nitrogen and oxygen atoms in total. The Kier molecular flexibility index (Phi) is 4.78. The fourth-order valence-electron chi connectivity index (χ4n) is 2.63. The molecule has 0 aliphatic rings. The van der Waals surface area contributed by atoms with E-state index in [4.69, 9.17) is 11.6 Å². The van der Waals surface area contributed by atoms with Crippen LogP contribution in [-0.4, -0.2) is 28.0 Å². The van der Waals surface area contributed by atoms with Gasteiger partial charge in [0.2, 0.25) is 11.2 Å². The van der Waals surface area contributed by atoms with Crippen molar-refractivity contribution in [3.05, 3.63) is 34.1 Å². The Balaban J connectivity index is 2.60. The van der Waals surface area contributed by atoms with Gasteiger partial charge in [-0.05, 0) is 57.3 Å². The van der Waals surface area contributed by atoms with Gasteiger partial charge in [-0.25, -0.2) is 0 Å². The summed E-state index contributed by atoms with van der Waals surface area (Å²) in [7, 11) is 0. The molecule has 0 atom stereocenters. The molecular formula is C16H21ClN4. The number of aryl methyl sites for hydroxylation is 3. The maximum absolute atomic E-state index is 6.10. The molecule has 5 heteroatoms. The molecule has 0 unspecified atom stereocenters. The Morgan fingerprint density at radius 3 is 2.05 bits per heavy atom. The Labute approximate surface area is 131 Å². The fourth-order valence-corrected chi connectivity index (χ4v) is 2.79. The van der Waals surface area contributed by atoms with Gasteiger partial charge < -0.3 is 4.90 Å². The number of aromatic nitrogens is 3. The van der Waals surface area contributed by atoms with Gasteiger partial charge in [0.15, 0.2) is 5.82 Å². The van der Waals surface area contributed by atoms with E-state index in [-0.39, 0.29) is 5.28 Å². The topological polar surface area (TPSA) is 41.9 Å². The summed E-state index contributed by atoms with van der Waals surface area (Å²) in [5.74, 6) is 1.28. The lowest BCUT2D eigenvalue weighted by Crippen LogP contribution is -2.24. The average Bonchev–Trinajstić information content (AvgIpc) is 2.38. The van der Waals surface area contributed by atoms with Crippen molar-refractivity contribution in [3.63, 3.8) is 0 Å². The normalized spacial score (nSPS) is 10.8. The van der Waals surface area contributed by atoms with Crippen molar-refractivity contribution in [2.24, 2.45) is 0 Å². The van der Waals surface area contributed by atoms with E-state index in [2.05, 4.69) is 66.6 Å². The van der Waals surface area contributed by atoms with E-state index in [1.54, 1.807) is 0 Å². The van der Waals surface area contributed by atoms with E-state index in [9.17, 15) is 0 Å². The molecule has 0 saturated carbocycles. The summed E-state index contributed by atoms with van der Waals surface area (Å²) in [4.78, 5) is 15.3. The molecule has 1 aromatic heterocycles. The fraction of sp³-hybridized carbons (Fsp3) is 0.438. The SMILES string of the molecule is CCN(CC)c1nc(Cl)nc(-c2c(C)cc(C)cc2C)n1. The molecule has 2 rings (SSSR count). The molecule has 1 heterocycles. The second-order valence-electron chi connectivity index (χ2n) is 5.17. The van der Waals surface area contributed by atoms with Gasteiger partial charge in [-0.15, -0.1) is 0 Å². The van der Waals surface area contributed by atoms with E-state index in [0.717, 1.165) is 29.8 Å². The number of benzene rings is 1. The highest BCUT2D eigenvalue weighted by Crippen LogP contribution is 2.27. The van der Waals surface area contributed by atoms with Crippen LogP contribution in [0.25, 0.3) is 11.4 Å². The van der Waals surface area contributed by atoms with Crippen molar-refractivity contribution in [1.29, 1.82) is 0 Å². The molecule has 0 fully saturated rings. The predicted molar refractivity (Wildman–Crippen MR) is 88.0 cm³/mol. The summed E-state index contributed by atoms with van der Waals surface area (Å²) < 4.78 is 0. The lowest BCUT2D eigenvalue weighted by atomic mass is 9.99. The lowest BCUT2D eigenvalue weighted by Gasteiger charge is -2.19. The summed E-state index contributed by atoms with van der Waals surface area (Å²) in [5.41, 5.74) is 4.58. The second-order valence-corrected chi connectivity index (χ2v) is 5.51. The zero-order valence-corrected chi connectivity index (χ0v) is 14.0. The zero-order valence-electron chi connectivity index (χ0n) is 13.2. The van der Waals surface area contributed by atoms with Crippen LogP contribution >= 0.6 is 11.6 Å². The minimum atomic E-state index is 0.237. The summed E-state index contributed by atoms with van der Waals surface area (Å²) in [6.07, 6.45) is 0. The number of hydrogen-bond donors (Lipinski definition) is 0. The third-order valence-corrected chi connectivity index (χ3v) is 3.71. The first-order chi connectivity index (χ1) is 9.96. The van der Waals surface area contributed by atoms with Crippen LogP contribution in [0.5, 0.6) is 0 Å². The van der Waals surface area contributed by atoms with Gasteiger partial charge in [0.05, 0.1) is 0 Å². The molecule has 0 spiro atoms. The van der Waals surface area contributed by atoms with Crippen molar-refractivity contribution in [2.45, 2.75) is 34.6 Å². The van der Waals surface area contributed by atoms with Crippen LogP contribution < -0.4 is 4.90 Å². The Morgan fingerprint density at radius 1 is 0.952 bits per heavy atom. The minimum absolute atomic E-state index is 0.237. The standard InChI is InChI=1S/C16H21ClN4/c1-6-21(7-2)16-19-14(18-15(17)20-16)13-11(4)8-10(3)9-12(13)5/h8-9H,6-7H2,1-5H3. The maximum atomic E-state index is 6.10. The van der Waals surface area contributed by atoms with Gasteiger partial charge in [-0.2, -0.15) is 15.0 Å². The third-order valence-electron chi connectivity index (χ3n) is 3.54. The molecule has 0 aliphatic heterocycles. The highest BCUT2D eigenvalue weighted by Gasteiger charge is 2.15. The Hall–Kier alpha value is -1.68. The molecule has 2 aromatic rings. The van der Waals surface area contributed by atoms with Gasteiger partial charge >= 0.3 is 0 Å². The molecule has 0 radical (unpaired) electrons. The van der Waals surface area contributed by atoms with Crippen LogP contribution in [0.2, 0.25) is 5.28 Å². The smallest absolute Gasteiger partial charge is 0.230 e. The molecule has 0 saturated heterocycles. The monoisotopic (exact) mass is 304 g/mol. The van der Waals surface area contributed by atoms with E-state index in [1.165, 1.54) is 5.56 Å². The number of rotatable bonds is 4. The molecule has 0 amide bonds. The first-order valence-corrected chi connectivity index (χ1v) is 7.58. The molecule has 112 valence electrons. The third kappa shape index (κ3) is 3.32. The van der Waals surface area contributed by atoms with Gasteiger partial charge in [0.25, 0.3) is 0 Å². The van der Waals surface area contributed by atoms with Crippen molar-refractivity contribution in [3.8, 4) is 11.4 Å². The van der Waals surface area contributed by atoms with Crippen LogP contribution in [0.4, 0.5) is 5.95 Å². The predicted octanol–water partition coefficient (Wildman–Crippen LogP) is 3.96. The maximum Gasteiger partial charge on any atom is 0.230 e. The second kappa shape index (κ2) is 6.39. The molecule has 0 N–H and O–H groups in total. The Morgan fingerprint density at radius 2 is 1.52 bits per heavy atom. The zero-order chi connectivity index (χ0) is 15.6. The summed E-state index contributed by atoms with van der Waals surface area (Å²) in [5, 5.41) is 0.237. The summed E-state index contributed by atoms with van der Waals surface area (Å²) >= 11 is 6.10. The van der Waals surface area contributed by atoms with Crippen LogP contribution in [-0.2, 0) is 0 Å². The van der Waals surface area contributed by atoms with Crippen LogP contribution in [0.3, 0.4) is 0 Å². The van der Waals surface area contributed by atoms with Crippen LogP contribution in [0.1, 0.15) is 30.5 Å². The van der Waals surface area contributed by atoms with Crippen molar-refractivity contribution < 1.29 is 0 Å². The summed E-state index contributed by atoms with van der Waals surface area (Å²) in [6, 6.07) is 4.27. The molecule has 1 aromatic carbocycles. The average molecular weight is 305 g/mol. The van der Waals surface area contributed by atoms with E-state index in [0.29, 0.717) is 11.8 Å². The molecule has 21 heavy (non-hydrogen) atoms. The summed E-state index contributed by atoms with van der Waals surface area (Å²) in [6.45, 7) is 12.1. The van der Waals surface area contributed by atoms with Crippen molar-refractivity contribution in [2.75, 3.05) is 18.0 Å². The first kappa shape index (κ1) is 15.7. The molecular weight excluding hydrogens is 284 g/mol. The van der Waals surface area contributed by atoms with E-state index in [1.807, 2.05) is 0 Å². The van der Waals surface area contributed by atoms with Crippen molar-refractivity contribution >= 4 is 17.5 Å². The molecule has 0 aliphatic carbocycles. The first-order valence-electron chi connectivity index (χ1n) is 7.21. The largest absolute Gasteiger partial charge is 0.341 e. The van der Waals surface area contributed by atoms with E-state index < -0.39 is 0 Å². The van der Waals surface area contributed by atoms with Crippen LogP contribution in [0, 0.1) is 20.8 Å². The lowest BCUT2D eigenvalue weighted by molar-refractivity contribution is 0.813. The molecule has 0 bridgehead atoms. The van der Waals surface area contributed by atoms with Crippen molar-refractivity contribution in [1.82, 2.24) is 15.0 Å². The van der Waals surface area contributed by atoms with E-state index >= 15 is 0 Å². The van der Waals surface area contributed by atoms with Gasteiger partial charge in [0.1, 0.15) is 0 Å². The van der Waals surface area contributed by atoms with Gasteiger partial charge in [-0.3, -0.25) is 0 Å². The number of nitrogens with zero attached hydrogens (tertiary/aromatic N) is 4. The van der Waals surface area contributed by atoms with Gasteiger partial charge in [0, 0.05) is 18.7 Å². The number of halogens is 1. The van der Waals surface area contributed by atoms with Gasteiger partial charge in [-0.1, -0.05) is 17.7 Å². The highest BCUT2D eigenvalue weighted by molar-refractivity contribution is 6.28. The quantitative estimate of drug-likeness (QED) is 0.857. The number of hydrogen-bond acceptors (Lipinski definition) is 4.